The highest BCUT2D eigenvalue weighted by molar-refractivity contribution is 6.08. The van der Waals surface area contributed by atoms with Crippen molar-refractivity contribution in [2.75, 3.05) is 13.2 Å². The molecular weight excluding hydrogens is 544 g/mol. The lowest BCUT2D eigenvalue weighted by Crippen LogP contribution is -2.33. The lowest BCUT2D eigenvalue weighted by Gasteiger charge is -2.28. The van der Waals surface area contributed by atoms with Gasteiger partial charge in [0.15, 0.2) is 5.79 Å². The number of aromatic nitrogens is 2. The van der Waals surface area contributed by atoms with E-state index in [1.54, 1.807) is 0 Å². The second kappa shape index (κ2) is 12.8. The molecule has 4 aromatic carbocycles. The highest BCUT2D eigenvalue weighted by Gasteiger charge is 2.40. The van der Waals surface area contributed by atoms with Gasteiger partial charge in [0.25, 0.3) is 0 Å². The fourth-order valence-corrected chi connectivity index (χ4v) is 7.19. The molecule has 3 heterocycles. The molecular formula is C39H44N2O3. The Morgan fingerprint density at radius 3 is 1.48 bits per heavy atom. The van der Waals surface area contributed by atoms with Crippen molar-refractivity contribution in [1.82, 2.24) is 9.13 Å². The molecule has 2 aromatic heterocycles. The van der Waals surface area contributed by atoms with Crippen molar-refractivity contribution >= 4 is 43.6 Å². The zero-order valence-corrected chi connectivity index (χ0v) is 26.1. The van der Waals surface area contributed by atoms with Gasteiger partial charge >= 0.3 is 0 Å². The third-order valence-electron chi connectivity index (χ3n) is 9.39. The number of unbranched alkanes of at least 4 members (excludes halogenated alkanes) is 2. The number of rotatable bonds is 13. The molecule has 0 N–H and O–H groups in total. The van der Waals surface area contributed by atoms with Crippen LogP contribution in [0, 0.1) is 0 Å². The average molecular weight is 589 g/mol. The Bertz CT molecular complexity index is 1640. The van der Waals surface area contributed by atoms with E-state index in [9.17, 15) is 0 Å². The van der Waals surface area contributed by atoms with Crippen LogP contribution in [-0.4, -0.2) is 40.3 Å². The van der Waals surface area contributed by atoms with Gasteiger partial charge in [-0.3, -0.25) is 0 Å². The zero-order valence-electron chi connectivity index (χ0n) is 26.1. The Labute approximate surface area is 260 Å². The van der Waals surface area contributed by atoms with Gasteiger partial charge in [0.2, 0.25) is 0 Å². The predicted molar refractivity (Wildman–Crippen MR) is 181 cm³/mol. The molecule has 0 radical (unpaired) electrons. The van der Waals surface area contributed by atoms with Crippen LogP contribution in [0.4, 0.5) is 0 Å². The van der Waals surface area contributed by atoms with Crippen molar-refractivity contribution in [1.29, 1.82) is 0 Å². The maximum Gasteiger partial charge on any atom is 0.169 e. The number of hydrogen-bond donors (Lipinski definition) is 0. The molecule has 228 valence electrons. The molecule has 0 amide bonds. The second-order valence-electron chi connectivity index (χ2n) is 12.4. The summed E-state index contributed by atoms with van der Waals surface area (Å²) in [7, 11) is 0. The van der Waals surface area contributed by atoms with Crippen LogP contribution in [0.5, 0.6) is 0 Å². The molecule has 1 aliphatic rings. The van der Waals surface area contributed by atoms with Gasteiger partial charge in [-0.05, 0) is 37.1 Å². The Kier molecular flexibility index (Phi) is 8.44. The first-order chi connectivity index (χ1) is 21.7. The van der Waals surface area contributed by atoms with Crippen LogP contribution >= 0.6 is 0 Å². The summed E-state index contributed by atoms with van der Waals surface area (Å²) in [6.45, 7) is 7.04. The summed E-state index contributed by atoms with van der Waals surface area (Å²) < 4.78 is 24.9. The van der Waals surface area contributed by atoms with Gasteiger partial charge in [-0.25, -0.2) is 0 Å². The summed E-state index contributed by atoms with van der Waals surface area (Å²) in [5, 5.41) is 5.12. The molecule has 0 aliphatic carbocycles. The summed E-state index contributed by atoms with van der Waals surface area (Å²) in [6, 6.07) is 34.9. The van der Waals surface area contributed by atoms with Gasteiger partial charge in [0.05, 0.1) is 32.4 Å². The third kappa shape index (κ3) is 5.53. The molecule has 1 unspecified atom stereocenters. The maximum absolute atomic E-state index is 6.92. The normalized spacial score (nSPS) is 16.8. The first-order valence-electron chi connectivity index (χ1n) is 16.5. The maximum atomic E-state index is 6.92. The van der Waals surface area contributed by atoms with Gasteiger partial charge in [-0.1, -0.05) is 99.5 Å². The van der Waals surface area contributed by atoms with Gasteiger partial charge in [0.1, 0.15) is 6.10 Å². The summed E-state index contributed by atoms with van der Waals surface area (Å²) in [6.07, 6.45) is 6.25. The summed E-state index contributed by atoms with van der Waals surface area (Å²) in [4.78, 5) is 0. The van der Waals surface area contributed by atoms with E-state index in [1.165, 1.54) is 43.6 Å². The monoisotopic (exact) mass is 588 g/mol. The molecule has 0 bridgehead atoms. The molecule has 1 atom stereocenters. The molecule has 5 heteroatoms. The molecule has 1 aliphatic heterocycles. The van der Waals surface area contributed by atoms with Crippen LogP contribution in [-0.2, 0) is 27.3 Å². The smallest absolute Gasteiger partial charge is 0.169 e. The Balaban J connectivity index is 1.22. The molecule has 1 saturated heterocycles. The van der Waals surface area contributed by atoms with E-state index in [4.69, 9.17) is 14.2 Å². The fraction of sp³-hybridized carbons (Fsp3) is 0.385. The van der Waals surface area contributed by atoms with E-state index in [0.717, 1.165) is 51.6 Å². The van der Waals surface area contributed by atoms with Crippen molar-refractivity contribution in [2.45, 2.75) is 83.5 Å². The predicted octanol–water partition coefficient (Wildman–Crippen LogP) is 9.48. The highest BCUT2D eigenvalue weighted by Crippen LogP contribution is 2.35. The van der Waals surface area contributed by atoms with E-state index in [1.807, 2.05) is 0 Å². The summed E-state index contributed by atoms with van der Waals surface area (Å²) in [5.41, 5.74) is 4.96. The van der Waals surface area contributed by atoms with Gasteiger partial charge in [0, 0.05) is 56.5 Å². The lowest BCUT2D eigenvalue weighted by molar-refractivity contribution is -0.185. The minimum Gasteiger partial charge on any atom is -0.372 e. The lowest BCUT2D eigenvalue weighted by atomic mass is 10.0. The Morgan fingerprint density at radius 1 is 0.659 bits per heavy atom. The molecule has 6 aromatic rings. The molecule has 1 fully saturated rings. The number of para-hydroxylation sites is 4. The minimum absolute atomic E-state index is 0.0671. The molecule has 7 rings (SSSR count). The number of hydrogen-bond acceptors (Lipinski definition) is 3. The third-order valence-corrected chi connectivity index (χ3v) is 9.39. The minimum atomic E-state index is -0.463. The van der Waals surface area contributed by atoms with Crippen LogP contribution in [0.1, 0.15) is 52.4 Å². The summed E-state index contributed by atoms with van der Waals surface area (Å²) in [5.74, 6) is -0.463. The van der Waals surface area contributed by atoms with Gasteiger partial charge in [-0.2, -0.15) is 0 Å². The Morgan fingerprint density at radius 2 is 1.07 bits per heavy atom. The van der Waals surface area contributed by atoms with Gasteiger partial charge < -0.3 is 23.3 Å². The van der Waals surface area contributed by atoms with Crippen LogP contribution in [0.3, 0.4) is 0 Å². The quantitative estimate of drug-likeness (QED) is 0.135. The second-order valence-corrected chi connectivity index (χ2v) is 12.4. The molecule has 0 spiro atoms. The van der Waals surface area contributed by atoms with E-state index < -0.39 is 5.79 Å². The van der Waals surface area contributed by atoms with E-state index >= 15 is 0 Å². The molecule has 44 heavy (non-hydrogen) atoms. The van der Waals surface area contributed by atoms with Crippen LogP contribution in [0.15, 0.2) is 97.1 Å². The number of nitrogens with zero attached hydrogens (tertiary/aromatic N) is 2. The van der Waals surface area contributed by atoms with Gasteiger partial charge in [-0.15, -0.1) is 0 Å². The standard InChI is InChI=1S/C39H44N2O3/c1-3-5-23-39(24-6-4-2)43-28-30(44-39)27-42-29(25-40-35-19-11-7-15-31(35)32-16-8-12-20-36(32)40)26-41-37-21-13-9-17-33(37)34-18-10-14-22-38(34)41/h7-22,29-30H,3-6,23-28H2,1-2H3. The zero-order chi connectivity index (χ0) is 29.9. The first kappa shape index (κ1) is 29.1. The molecule has 0 saturated carbocycles. The van der Waals surface area contributed by atoms with Crippen molar-refractivity contribution in [2.24, 2.45) is 0 Å². The summed E-state index contributed by atoms with van der Waals surface area (Å²) >= 11 is 0. The van der Waals surface area contributed by atoms with Crippen LogP contribution in [0.2, 0.25) is 0 Å². The van der Waals surface area contributed by atoms with Crippen molar-refractivity contribution in [3.63, 3.8) is 0 Å². The SMILES string of the molecule is CCCCC1(CCCC)OCC(COC(Cn2c3ccccc3c3ccccc32)Cn2c3ccccc3c3ccccc32)O1. The van der Waals surface area contributed by atoms with E-state index in [-0.39, 0.29) is 12.2 Å². The van der Waals surface area contributed by atoms with Crippen molar-refractivity contribution in [3.8, 4) is 0 Å². The van der Waals surface area contributed by atoms with Crippen LogP contribution < -0.4 is 0 Å². The highest BCUT2D eigenvalue weighted by atomic mass is 16.7. The fourth-order valence-electron chi connectivity index (χ4n) is 7.19. The number of ether oxygens (including phenoxy) is 3. The molecule has 5 nitrogen and oxygen atoms in total. The first-order valence-corrected chi connectivity index (χ1v) is 16.5. The average Bonchev–Trinajstić information content (AvgIpc) is 3.73. The number of fused-ring (bicyclic) bond motifs is 6. The number of benzene rings is 4. The Hall–Kier alpha value is -3.64. The van der Waals surface area contributed by atoms with Crippen molar-refractivity contribution < 1.29 is 14.2 Å². The van der Waals surface area contributed by atoms with E-state index in [2.05, 4.69) is 120 Å². The largest absolute Gasteiger partial charge is 0.372 e. The van der Waals surface area contributed by atoms with Crippen LogP contribution in [0.25, 0.3) is 43.6 Å². The topological polar surface area (TPSA) is 37.5 Å². The van der Waals surface area contributed by atoms with Crippen molar-refractivity contribution in [3.05, 3.63) is 97.1 Å². The van der Waals surface area contributed by atoms with E-state index in [0.29, 0.717) is 13.2 Å².